The fourth-order valence-corrected chi connectivity index (χ4v) is 1.81. The van der Waals surface area contributed by atoms with Crippen LogP contribution in [0.4, 0.5) is 0 Å². The predicted molar refractivity (Wildman–Crippen MR) is 71.6 cm³/mol. The Labute approximate surface area is 96.5 Å². The number of aromatic nitrogens is 1. The van der Waals surface area contributed by atoms with Crippen LogP contribution in [0.2, 0.25) is 0 Å². The maximum absolute atomic E-state index is 4.33. The molecule has 0 radical (unpaired) electrons. The highest BCUT2D eigenvalue weighted by Gasteiger charge is 1.95. The Balaban J connectivity index is 0.000000342. The highest BCUT2D eigenvalue weighted by molar-refractivity contribution is 7.18. The lowest BCUT2D eigenvalue weighted by Gasteiger charge is -1.80. The van der Waals surface area contributed by atoms with Crippen molar-refractivity contribution in [3.8, 4) is 0 Å². The summed E-state index contributed by atoms with van der Waals surface area (Å²) < 4.78 is 1.28. The van der Waals surface area contributed by atoms with Crippen LogP contribution < -0.4 is 0 Å². The monoisotopic (exact) mass is 221 g/mol. The van der Waals surface area contributed by atoms with E-state index in [2.05, 4.69) is 17.6 Å². The van der Waals surface area contributed by atoms with Crippen LogP contribution in [-0.2, 0) is 0 Å². The van der Waals surface area contributed by atoms with Gasteiger partial charge in [-0.05, 0) is 26.0 Å². The smallest absolute Gasteiger partial charge is 0.0907 e. The van der Waals surface area contributed by atoms with Gasteiger partial charge in [0.05, 0.1) is 15.2 Å². The van der Waals surface area contributed by atoms with Crippen molar-refractivity contribution in [2.75, 3.05) is 0 Å². The average Bonchev–Trinajstić information content (AvgIpc) is 2.62. The number of nitrogens with zero attached hydrogens (tertiary/aromatic N) is 1. The van der Waals surface area contributed by atoms with E-state index >= 15 is 0 Å². The SMILES string of the molecule is C=CC.CC.Cc1nc2ccccc2s1. The van der Waals surface area contributed by atoms with Gasteiger partial charge >= 0.3 is 0 Å². The summed E-state index contributed by atoms with van der Waals surface area (Å²) in [6.45, 7) is 11.3. The highest BCUT2D eigenvalue weighted by Crippen LogP contribution is 2.19. The van der Waals surface area contributed by atoms with Crippen LogP contribution in [0, 0.1) is 6.92 Å². The van der Waals surface area contributed by atoms with Crippen LogP contribution in [0.1, 0.15) is 25.8 Å². The van der Waals surface area contributed by atoms with E-state index in [0.717, 1.165) is 10.5 Å². The maximum Gasteiger partial charge on any atom is 0.0907 e. The minimum Gasteiger partial charge on any atom is -0.242 e. The van der Waals surface area contributed by atoms with Crippen LogP contribution in [0.25, 0.3) is 10.2 Å². The van der Waals surface area contributed by atoms with Crippen molar-refractivity contribution in [2.24, 2.45) is 0 Å². The molecule has 2 aromatic rings. The van der Waals surface area contributed by atoms with Gasteiger partial charge in [0.15, 0.2) is 0 Å². The van der Waals surface area contributed by atoms with Gasteiger partial charge in [-0.3, -0.25) is 0 Å². The van der Waals surface area contributed by atoms with E-state index in [0.29, 0.717) is 0 Å². The zero-order valence-electron chi connectivity index (χ0n) is 9.95. The molecule has 0 amide bonds. The second-order valence-corrected chi connectivity index (χ2v) is 3.84. The van der Waals surface area contributed by atoms with Gasteiger partial charge in [0.1, 0.15) is 0 Å². The summed E-state index contributed by atoms with van der Waals surface area (Å²) in [5.74, 6) is 0. The fraction of sp³-hybridized carbons (Fsp3) is 0.308. The van der Waals surface area contributed by atoms with E-state index in [1.807, 2.05) is 45.9 Å². The molecule has 0 aliphatic rings. The molecule has 1 aromatic carbocycles. The van der Waals surface area contributed by atoms with E-state index in [-0.39, 0.29) is 0 Å². The molecule has 0 saturated heterocycles. The van der Waals surface area contributed by atoms with Crippen LogP contribution in [0.5, 0.6) is 0 Å². The first kappa shape index (κ1) is 13.8. The van der Waals surface area contributed by atoms with Gasteiger partial charge in [0.25, 0.3) is 0 Å². The molecule has 0 fully saturated rings. The third kappa shape index (κ3) is 4.75. The van der Waals surface area contributed by atoms with Gasteiger partial charge in [-0.15, -0.1) is 17.9 Å². The lowest BCUT2D eigenvalue weighted by Crippen LogP contribution is -1.65. The number of thiazole rings is 1. The second kappa shape index (κ2) is 8.18. The van der Waals surface area contributed by atoms with Crippen LogP contribution in [0.15, 0.2) is 36.9 Å². The Kier molecular flexibility index (Phi) is 7.56. The van der Waals surface area contributed by atoms with Gasteiger partial charge in [0.2, 0.25) is 0 Å². The van der Waals surface area contributed by atoms with Crippen LogP contribution in [0.3, 0.4) is 0 Å². The molecule has 0 aliphatic heterocycles. The van der Waals surface area contributed by atoms with E-state index in [1.54, 1.807) is 17.4 Å². The molecule has 2 heteroatoms. The first-order chi connectivity index (χ1) is 7.27. The van der Waals surface area contributed by atoms with E-state index in [1.165, 1.54) is 4.70 Å². The molecule has 1 nitrogen and oxygen atoms in total. The van der Waals surface area contributed by atoms with Crippen molar-refractivity contribution in [3.05, 3.63) is 41.9 Å². The summed E-state index contributed by atoms with van der Waals surface area (Å²) in [7, 11) is 0. The summed E-state index contributed by atoms with van der Waals surface area (Å²) in [5, 5.41) is 1.14. The van der Waals surface area contributed by atoms with Crippen molar-refractivity contribution >= 4 is 21.6 Å². The largest absolute Gasteiger partial charge is 0.242 e. The van der Waals surface area contributed by atoms with E-state index in [9.17, 15) is 0 Å². The normalized spacial score (nSPS) is 8.27. The molecule has 0 aliphatic carbocycles. The summed E-state index contributed by atoms with van der Waals surface area (Å²) in [4.78, 5) is 4.33. The van der Waals surface area contributed by atoms with Gasteiger partial charge in [-0.1, -0.05) is 32.1 Å². The molecule has 2 rings (SSSR count). The molecule has 0 saturated carbocycles. The summed E-state index contributed by atoms with van der Waals surface area (Å²) in [5.41, 5.74) is 1.12. The Morgan fingerprint density at radius 1 is 1.27 bits per heavy atom. The molecule has 0 unspecified atom stereocenters. The number of aryl methyl sites for hydroxylation is 1. The molecule has 1 aromatic heterocycles. The minimum atomic E-state index is 1.12. The molecule has 82 valence electrons. The Morgan fingerprint density at radius 3 is 2.33 bits per heavy atom. The quantitative estimate of drug-likeness (QED) is 0.581. The zero-order chi connectivity index (χ0) is 11.7. The molecule has 0 bridgehead atoms. The highest BCUT2D eigenvalue weighted by atomic mass is 32.1. The second-order valence-electron chi connectivity index (χ2n) is 2.61. The Morgan fingerprint density at radius 2 is 1.80 bits per heavy atom. The van der Waals surface area contributed by atoms with Gasteiger partial charge < -0.3 is 0 Å². The first-order valence-electron chi connectivity index (χ1n) is 5.17. The van der Waals surface area contributed by atoms with Gasteiger partial charge in [0, 0.05) is 0 Å². The third-order valence-electron chi connectivity index (χ3n) is 1.40. The van der Waals surface area contributed by atoms with Crippen molar-refractivity contribution in [3.63, 3.8) is 0 Å². The zero-order valence-corrected chi connectivity index (χ0v) is 10.8. The molecule has 0 N–H and O–H groups in total. The molecule has 15 heavy (non-hydrogen) atoms. The topological polar surface area (TPSA) is 12.9 Å². The summed E-state index contributed by atoms with van der Waals surface area (Å²) in [6, 6.07) is 8.19. The lowest BCUT2D eigenvalue weighted by atomic mass is 10.3. The number of rotatable bonds is 0. The molecule has 0 atom stereocenters. The van der Waals surface area contributed by atoms with Crippen LogP contribution >= 0.6 is 11.3 Å². The number of hydrogen-bond acceptors (Lipinski definition) is 2. The summed E-state index contributed by atoms with van der Waals surface area (Å²) in [6.07, 6.45) is 1.75. The number of benzene rings is 1. The summed E-state index contributed by atoms with van der Waals surface area (Å²) >= 11 is 1.74. The standard InChI is InChI=1S/C8H7NS.C3H6.C2H6/c1-6-9-7-4-2-3-5-8(7)10-6;1-3-2;1-2/h2-5H,1H3;3H,1H2,2H3;1-2H3. The van der Waals surface area contributed by atoms with Crippen molar-refractivity contribution in [1.82, 2.24) is 4.98 Å². The van der Waals surface area contributed by atoms with Crippen LogP contribution in [-0.4, -0.2) is 4.98 Å². The van der Waals surface area contributed by atoms with Crippen molar-refractivity contribution < 1.29 is 0 Å². The molecular formula is C13H19NS. The predicted octanol–water partition coefficient (Wildman–Crippen LogP) is 4.82. The Hall–Kier alpha value is -1.15. The third-order valence-corrected chi connectivity index (χ3v) is 2.35. The fourth-order valence-electron chi connectivity index (χ4n) is 0.987. The van der Waals surface area contributed by atoms with Crippen molar-refractivity contribution in [1.29, 1.82) is 0 Å². The van der Waals surface area contributed by atoms with Gasteiger partial charge in [-0.2, -0.15) is 0 Å². The Bertz CT molecular complexity index is 357. The lowest BCUT2D eigenvalue weighted by molar-refractivity contribution is 1.35. The number of fused-ring (bicyclic) bond motifs is 1. The average molecular weight is 221 g/mol. The van der Waals surface area contributed by atoms with Gasteiger partial charge in [-0.25, -0.2) is 4.98 Å². The van der Waals surface area contributed by atoms with E-state index < -0.39 is 0 Å². The number of para-hydroxylation sites is 1. The molecular weight excluding hydrogens is 202 g/mol. The number of hydrogen-bond donors (Lipinski definition) is 0. The maximum atomic E-state index is 4.33. The van der Waals surface area contributed by atoms with E-state index in [4.69, 9.17) is 0 Å². The van der Waals surface area contributed by atoms with Crippen molar-refractivity contribution in [2.45, 2.75) is 27.7 Å². The number of allylic oxidation sites excluding steroid dienone is 1. The molecule has 0 spiro atoms. The minimum absolute atomic E-state index is 1.12. The first-order valence-corrected chi connectivity index (χ1v) is 5.98. The molecule has 1 heterocycles.